The van der Waals surface area contributed by atoms with Crippen molar-refractivity contribution in [3.05, 3.63) is 0 Å². The highest BCUT2D eigenvalue weighted by molar-refractivity contribution is 5.79. The molecule has 0 aliphatic heterocycles. The predicted molar refractivity (Wildman–Crippen MR) is 91.2 cm³/mol. The summed E-state index contributed by atoms with van der Waals surface area (Å²) >= 11 is 0. The van der Waals surface area contributed by atoms with Gasteiger partial charge >= 0.3 is 6.18 Å². The summed E-state index contributed by atoms with van der Waals surface area (Å²) < 4.78 is 43.8. The van der Waals surface area contributed by atoms with Crippen LogP contribution in [0.3, 0.4) is 0 Å². The van der Waals surface area contributed by atoms with E-state index in [-0.39, 0.29) is 25.0 Å². The highest BCUT2D eigenvalue weighted by Crippen LogP contribution is 2.37. The largest absolute Gasteiger partial charge is 0.391 e. The van der Waals surface area contributed by atoms with Gasteiger partial charge in [-0.15, -0.1) is 0 Å². The standard InChI is InChI=1S/C17H32F3N3O/c1-5-24-15(12(2)3)10-11-22-16(21-4)23-14-8-6-13(7-9-14)17(18,19)20/h12-15H,5-11H2,1-4H3,(H2,21,22,23). The third-order valence-corrected chi connectivity index (χ3v) is 4.60. The maximum atomic E-state index is 12.7. The summed E-state index contributed by atoms with van der Waals surface area (Å²) in [5.41, 5.74) is 0. The Balaban J connectivity index is 2.33. The summed E-state index contributed by atoms with van der Waals surface area (Å²) in [5, 5.41) is 6.48. The molecule has 1 atom stereocenters. The van der Waals surface area contributed by atoms with Gasteiger partial charge in [0.25, 0.3) is 0 Å². The molecule has 0 aromatic heterocycles. The first kappa shape index (κ1) is 21.1. The van der Waals surface area contributed by atoms with E-state index >= 15 is 0 Å². The predicted octanol–water partition coefficient (Wildman–Crippen LogP) is 3.72. The van der Waals surface area contributed by atoms with E-state index < -0.39 is 12.1 Å². The molecule has 142 valence electrons. The number of hydrogen-bond donors (Lipinski definition) is 2. The minimum absolute atomic E-state index is 0.0580. The minimum Gasteiger partial charge on any atom is -0.378 e. The van der Waals surface area contributed by atoms with Crippen molar-refractivity contribution < 1.29 is 17.9 Å². The van der Waals surface area contributed by atoms with Gasteiger partial charge in [-0.1, -0.05) is 13.8 Å². The van der Waals surface area contributed by atoms with E-state index in [1.807, 2.05) is 6.92 Å². The molecular formula is C17H32F3N3O. The van der Waals surface area contributed by atoms with Crippen LogP contribution in [0.5, 0.6) is 0 Å². The molecule has 0 heterocycles. The van der Waals surface area contributed by atoms with Gasteiger partial charge in [0.05, 0.1) is 12.0 Å². The molecule has 7 heteroatoms. The number of rotatable bonds is 7. The zero-order valence-corrected chi connectivity index (χ0v) is 15.2. The number of guanidine groups is 1. The van der Waals surface area contributed by atoms with E-state index in [2.05, 4.69) is 29.5 Å². The molecular weight excluding hydrogens is 319 g/mol. The Labute approximate surface area is 143 Å². The Hall–Kier alpha value is -0.980. The number of aliphatic imine (C=N–C) groups is 1. The molecule has 0 aromatic rings. The molecule has 1 saturated carbocycles. The normalized spacial score (nSPS) is 24.1. The van der Waals surface area contributed by atoms with Crippen LogP contribution in [0, 0.1) is 11.8 Å². The summed E-state index contributed by atoms with van der Waals surface area (Å²) in [4.78, 5) is 4.17. The molecule has 0 spiro atoms. The molecule has 0 saturated heterocycles. The second-order valence-corrected chi connectivity index (χ2v) is 6.76. The average Bonchev–Trinajstić information content (AvgIpc) is 2.52. The molecule has 1 rings (SSSR count). The number of nitrogens with zero attached hydrogens (tertiary/aromatic N) is 1. The lowest BCUT2D eigenvalue weighted by molar-refractivity contribution is -0.182. The summed E-state index contributed by atoms with van der Waals surface area (Å²) in [6, 6.07) is 0.0580. The van der Waals surface area contributed by atoms with Gasteiger partial charge in [-0.25, -0.2) is 0 Å². The van der Waals surface area contributed by atoms with E-state index in [1.165, 1.54) is 0 Å². The van der Waals surface area contributed by atoms with Gasteiger partial charge in [0.1, 0.15) is 0 Å². The smallest absolute Gasteiger partial charge is 0.378 e. The molecule has 2 N–H and O–H groups in total. The van der Waals surface area contributed by atoms with Crippen LogP contribution in [-0.4, -0.2) is 44.5 Å². The second kappa shape index (κ2) is 10.1. The quantitative estimate of drug-likeness (QED) is 0.543. The lowest BCUT2D eigenvalue weighted by Crippen LogP contribution is -2.46. The van der Waals surface area contributed by atoms with E-state index in [1.54, 1.807) is 7.05 Å². The topological polar surface area (TPSA) is 45.6 Å². The summed E-state index contributed by atoms with van der Waals surface area (Å²) in [6.07, 6.45) is -1.56. The Bertz CT molecular complexity index is 378. The van der Waals surface area contributed by atoms with Crippen LogP contribution in [0.15, 0.2) is 4.99 Å². The molecule has 0 bridgehead atoms. The van der Waals surface area contributed by atoms with Crippen molar-refractivity contribution in [2.24, 2.45) is 16.8 Å². The van der Waals surface area contributed by atoms with Gasteiger partial charge in [0.15, 0.2) is 5.96 Å². The van der Waals surface area contributed by atoms with Crippen molar-refractivity contribution in [2.45, 2.75) is 71.2 Å². The van der Waals surface area contributed by atoms with Crippen LogP contribution in [0.4, 0.5) is 13.2 Å². The Morgan fingerprint density at radius 1 is 1.21 bits per heavy atom. The molecule has 1 unspecified atom stereocenters. The van der Waals surface area contributed by atoms with Crippen LogP contribution in [0.25, 0.3) is 0 Å². The Kier molecular flexibility index (Phi) is 8.87. The van der Waals surface area contributed by atoms with Crippen LogP contribution in [0.1, 0.15) is 52.9 Å². The molecule has 0 aromatic carbocycles. The third kappa shape index (κ3) is 7.28. The fraction of sp³-hybridized carbons (Fsp3) is 0.941. The number of hydrogen-bond acceptors (Lipinski definition) is 2. The van der Waals surface area contributed by atoms with Crippen LogP contribution in [-0.2, 0) is 4.74 Å². The van der Waals surface area contributed by atoms with Crippen molar-refractivity contribution in [2.75, 3.05) is 20.2 Å². The number of nitrogens with one attached hydrogen (secondary N) is 2. The summed E-state index contributed by atoms with van der Waals surface area (Å²) in [6.45, 7) is 7.66. The Morgan fingerprint density at radius 2 is 1.83 bits per heavy atom. The van der Waals surface area contributed by atoms with Crippen LogP contribution in [0.2, 0.25) is 0 Å². The van der Waals surface area contributed by atoms with Crippen molar-refractivity contribution in [1.29, 1.82) is 0 Å². The van der Waals surface area contributed by atoms with E-state index in [0.717, 1.165) is 13.0 Å². The maximum absolute atomic E-state index is 12.7. The average molecular weight is 351 g/mol. The highest BCUT2D eigenvalue weighted by atomic mass is 19.4. The summed E-state index contributed by atoms with van der Waals surface area (Å²) in [5.74, 6) is -0.0487. The molecule has 4 nitrogen and oxygen atoms in total. The lowest BCUT2D eigenvalue weighted by atomic mass is 9.85. The maximum Gasteiger partial charge on any atom is 0.391 e. The number of alkyl halides is 3. The van der Waals surface area contributed by atoms with Gasteiger partial charge in [0.2, 0.25) is 0 Å². The molecule has 24 heavy (non-hydrogen) atoms. The van der Waals surface area contributed by atoms with Gasteiger partial charge in [0, 0.05) is 26.2 Å². The van der Waals surface area contributed by atoms with Crippen molar-refractivity contribution in [3.8, 4) is 0 Å². The monoisotopic (exact) mass is 351 g/mol. The fourth-order valence-electron chi connectivity index (χ4n) is 3.11. The lowest BCUT2D eigenvalue weighted by Gasteiger charge is -2.31. The van der Waals surface area contributed by atoms with Crippen LogP contribution < -0.4 is 10.6 Å². The first-order chi connectivity index (χ1) is 11.3. The van der Waals surface area contributed by atoms with Gasteiger partial charge < -0.3 is 15.4 Å². The van der Waals surface area contributed by atoms with Gasteiger partial charge in [-0.3, -0.25) is 4.99 Å². The van der Waals surface area contributed by atoms with Gasteiger partial charge in [-0.2, -0.15) is 13.2 Å². The van der Waals surface area contributed by atoms with Crippen LogP contribution >= 0.6 is 0 Å². The van der Waals surface area contributed by atoms with Crippen molar-refractivity contribution in [3.63, 3.8) is 0 Å². The van der Waals surface area contributed by atoms with Crippen molar-refractivity contribution in [1.82, 2.24) is 10.6 Å². The second-order valence-electron chi connectivity index (χ2n) is 6.76. The van der Waals surface area contributed by atoms with Crippen molar-refractivity contribution >= 4 is 5.96 Å². The number of ether oxygens (including phenoxy) is 1. The molecule has 1 aliphatic carbocycles. The van der Waals surface area contributed by atoms with Gasteiger partial charge in [-0.05, 0) is 44.9 Å². The third-order valence-electron chi connectivity index (χ3n) is 4.60. The first-order valence-electron chi connectivity index (χ1n) is 8.93. The molecule has 1 fully saturated rings. The molecule has 0 amide bonds. The number of halogens is 3. The summed E-state index contributed by atoms with van der Waals surface area (Å²) in [7, 11) is 1.68. The fourth-order valence-corrected chi connectivity index (χ4v) is 3.11. The SMILES string of the molecule is CCOC(CCNC(=NC)NC1CCC(C(F)(F)F)CC1)C(C)C. The van der Waals surface area contributed by atoms with E-state index in [0.29, 0.717) is 31.3 Å². The Morgan fingerprint density at radius 3 is 2.29 bits per heavy atom. The minimum atomic E-state index is -4.06. The van der Waals surface area contributed by atoms with E-state index in [9.17, 15) is 13.2 Å². The molecule has 0 radical (unpaired) electrons. The zero-order chi connectivity index (χ0) is 18.2. The molecule has 1 aliphatic rings. The highest BCUT2D eigenvalue weighted by Gasteiger charge is 2.41. The van der Waals surface area contributed by atoms with E-state index in [4.69, 9.17) is 4.74 Å². The zero-order valence-electron chi connectivity index (χ0n) is 15.2. The first-order valence-corrected chi connectivity index (χ1v) is 8.93.